The van der Waals surface area contributed by atoms with E-state index in [9.17, 15) is 4.79 Å². The van der Waals surface area contributed by atoms with Crippen LogP contribution in [-0.4, -0.2) is 45.9 Å². The van der Waals surface area contributed by atoms with E-state index in [-0.39, 0.29) is 28.3 Å². The van der Waals surface area contributed by atoms with Gasteiger partial charge in [-0.3, -0.25) is 9.11 Å². The zero-order valence-corrected chi connectivity index (χ0v) is 18.7. The Morgan fingerprint density at radius 1 is 1.36 bits per heavy atom. The molecule has 2 rings (SSSR count). The van der Waals surface area contributed by atoms with E-state index in [1.807, 2.05) is 12.3 Å². The maximum atomic E-state index is 12.4. The van der Waals surface area contributed by atoms with E-state index >= 15 is 0 Å². The van der Waals surface area contributed by atoms with E-state index in [4.69, 9.17) is 45.5 Å². The Bertz CT molecular complexity index is 844. The molecule has 0 amide bonds. The van der Waals surface area contributed by atoms with Crippen molar-refractivity contribution in [3.8, 4) is 0 Å². The van der Waals surface area contributed by atoms with Gasteiger partial charge >= 0.3 is 16.4 Å². The molecule has 0 bridgehead atoms. The second kappa shape index (κ2) is 12.7. The number of benzene rings is 1. The average molecular weight is 521 g/mol. The molecule has 161 valence electrons. The van der Waals surface area contributed by atoms with Crippen LogP contribution < -0.4 is 0 Å². The summed E-state index contributed by atoms with van der Waals surface area (Å²) in [5.74, 6) is -0.314. The number of rotatable bonds is 6. The summed E-state index contributed by atoms with van der Waals surface area (Å²) in [6, 6.07) is 4.74. The van der Waals surface area contributed by atoms with Crippen LogP contribution in [0.25, 0.3) is 0 Å². The third kappa shape index (κ3) is 9.15. The first-order chi connectivity index (χ1) is 12.6. The first kappa shape index (κ1) is 27.2. The standard InChI is InChI=1S/C15H16Cl2N2O2S.Cu.H2O4S/c1-3-21-15(20)13(19-7-6-18-9-19)14(22-2)11-5-4-10(16)8-12(11)17;;1-5(2,3)4/h4-9,13-14H,3H2,1-2H3;;(H2,1,2,3,4). The van der Waals surface area contributed by atoms with E-state index in [0.29, 0.717) is 16.7 Å². The summed E-state index contributed by atoms with van der Waals surface area (Å²) in [4.78, 5) is 16.5. The minimum absolute atomic E-state index is 0. The van der Waals surface area contributed by atoms with Gasteiger partial charge in [0.2, 0.25) is 0 Å². The van der Waals surface area contributed by atoms with E-state index in [0.717, 1.165) is 5.56 Å². The van der Waals surface area contributed by atoms with Gasteiger partial charge in [0.05, 0.1) is 18.2 Å². The summed E-state index contributed by atoms with van der Waals surface area (Å²) in [6.07, 6.45) is 6.91. The molecule has 13 heteroatoms. The largest absolute Gasteiger partial charge is 0.464 e. The summed E-state index contributed by atoms with van der Waals surface area (Å²) in [5.41, 5.74) is 0.838. The average Bonchev–Trinajstić information content (AvgIpc) is 3.05. The molecule has 0 fully saturated rings. The molecular weight excluding hydrogens is 503 g/mol. The van der Waals surface area contributed by atoms with Crippen molar-refractivity contribution < 1.29 is 44.1 Å². The van der Waals surface area contributed by atoms with Crippen molar-refractivity contribution in [3.63, 3.8) is 0 Å². The fraction of sp³-hybridized carbons (Fsp3) is 0.333. The van der Waals surface area contributed by atoms with Crippen LogP contribution >= 0.6 is 35.0 Å². The van der Waals surface area contributed by atoms with Crippen molar-refractivity contribution >= 4 is 51.3 Å². The van der Waals surface area contributed by atoms with E-state index < -0.39 is 16.4 Å². The number of imidazole rings is 1. The fourth-order valence-electron chi connectivity index (χ4n) is 2.22. The number of carbonyl (C=O) groups excluding carboxylic acids is 1. The zero-order valence-electron chi connectivity index (χ0n) is 14.6. The van der Waals surface area contributed by atoms with Crippen LogP contribution in [0.5, 0.6) is 0 Å². The van der Waals surface area contributed by atoms with Gasteiger partial charge in [-0.15, -0.1) is 0 Å². The van der Waals surface area contributed by atoms with Crippen molar-refractivity contribution in [1.82, 2.24) is 9.55 Å². The number of carbonyl (C=O) groups is 1. The Hall–Kier alpha value is -0.781. The van der Waals surface area contributed by atoms with Crippen molar-refractivity contribution in [2.45, 2.75) is 18.2 Å². The van der Waals surface area contributed by atoms with Gasteiger partial charge in [-0.1, -0.05) is 29.3 Å². The second-order valence-corrected chi connectivity index (χ2v) is 7.70. The van der Waals surface area contributed by atoms with Gasteiger partial charge in [-0.05, 0) is 30.9 Å². The SMILES string of the molecule is CCOC(=O)C(C(SC)c1ccc(Cl)cc1Cl)n1ccnc1.O=S(=O)(O)O.[Cu]. The van der Waals surface area contributed by atoms with Gasteiger partial charge in [0.1, 0.15) is 6.04 Å². The topological polar surface area (TPSA) is 119 Å². The maximum Gasteiger partial charge on any atom is 0.394 e. The summed E-state index contributed by atoms with van der Waals surface area (Å²) >= 11 is 13.8. The third-order valence-corrected chi connectivity index (χ3v) is 4.77. The smallest absolute Gasteiger partial charge is 0.394 e. The molecule has 8 nitrogen and oxygen atoms in total. The Labute approximate surface area is 188 Å². The molecule has 0 aliphatic rings. The molecule has 2 unspecified atom stereocenters. The molecule has 1 heterocycles. The molecule has 0 spiro atoms. The number of hydrogen-bond acceptors (Lipinski definition) is 6. The Morgan fingerprint density at radius 2 is 1.96 bits per heavy atom. The zero-order chi connectivity index (χ0) is 20.6. The van der Waals surface area contributed by atoms with Gasteiger partial charge in [-0.25, -0.2) is 9.78 Å². The molecule has 0 aliphatic carbocycles. The van der Waals surface area contributed by atoms with Crippen molar-refractivity contribution in [1.29, 1.82) is 0 Å². The van der Waals surface area contributed by atoms with Gasteiger partial charge in [0.25, 0.3) is 0 Å². The van der Waals surface area contributed by atoms with Crippen LogP contribution in [0.1, 0.15) is 23.8 Å². The molecule has 0 saturated carbocycles. The number of aromatic nitrogens is 2. The molecule has 2 aromatic rings. The molecule has 2 N–H and O–H groups in total. The van der Waals surface area contributed by atoms with Gasteiger partial charge in [0, 0.05) is 39.5 Å². The van der Waals surface area contributed by atoms with E-state index in [1.165, 1.54) is 11.8 Å². The van der Waals surface area contributed by atoms with Crippen LogP contribution in [0.3, 0.4) is 0 Å². The minimum atomic E-state index is -4.67. The third-order valence-electron chi connectivity index (χ3n) is 3.18. The molecule has 1 radical (unpaired) electrons. The summed E-state index contributed by atoms with van der Waals surface area (Å²) in [6.45, 7) is 2.10. The van der Waals surface area contributed by atoms with Crippen LogP contribution in [-0.2, 0) is 37.0 Å². The maximum absolute atomic E-state index is 12.4. The fourth-order valence-corrected chi connectivity index (χ4v) is 3.78. The van der Waals surface area contributed by atoms with Crippen LogP contribution in [0.4, 0.5) is 0 Å². The Morgan fingerprint density at radius 3 is 2.39 bits per heavy atom. The molecule has 1 aromatic heterocycles. The molecule has 0 saturated heterocycles. The number of esters is 1. The van der Waals surface area contributed by atoms with E-state index in [2.05, 4.69) is 4.98 Å². The van der Waals surface area contributed by atoms with Crippen molar-refractivity contribution in [2.75, 3.05) is 12.9 Å². The van der Waals surface area contributed by atoms with Crippen LogP contribution in [0.15, 0.2) is 36.9 Å². The normalized spacial score (nSPS) is 12.8. The molecule has 2 atom stereocenters. The van der Waals surface area contributed by atoms with Crippen molar-refractivity contribution in [3.05, 3.63) is 52.5 Å². The monoisotopic (exact) mass is 519 g/mol. The van der Waals surface area contributed by atoms with Crippen molar-refractivity contribution in [2.24, 2.45) is 0 Å². The van der Waals surface area contributed by atoms with Gasteiger partial charge < -0.3 is 9.30 Å². The molecular formula is C15H18Cl2CuN2O6S2. The summed E-state index contributed by atoms with van der Waals surface area (Å²) in [5, 5.41) is 0.878. The van der Waals surface area contributed by atoms with Gasteiger partial charge in [-0.2, -0.15) is 20.2 Å². The second-order valence-electron chi connectivity index (χ2n) is 4.98. The quantitative estimate of drug-likeness (QED) is 0.336. The number of hydrogen-bond donors (Lipinski definition) is 2. The molecule has 0 aliphatic heterocycles. The predicted octanol–water partition coefficient (Wildman–Crippen LogP) is 3.74. The first-order valence-electron chi connectivity index (χ1n) is 7.40. The number of halogens is 2. The molecule has 28 heavy (non-hydrogen) atoms. The van der Waals surface area contributed by atoms with Crippen LogP contribution in [0, 0.1) is 0 Å². The minimum Gasteiger partial charge on any atom is -0.464 e. The van der Waals surface area contributed by atoms with Crippen LogP contribution in [0.2, 0.25) is 10.0 Å². The first-order valence-corrected chi connectivity index (χ1v) is 10.8. The number of thioether (sulfide) groups is 1. The Balaban J connectivity index is 0.00000108. The number of nitrogens with zero attached hydrogens (tertiary/aromatic N) is 2. The summed E-state index contributed by atoms with van der Waals surface area (Å²) < 4.78 is 38.5. The number of ether oxygens (including phenoxy) is 1. The predicted molar refractivity (Wildman–Crippen MR) is 105 cm³/mol. The van der Waals surface area contributed by atoms with Gasteiger partial charge in [0.15, 0.2) is 0 Å². The summed E-state index contributed by atoms with van der Waals surface area (Å²) in [7, 11) is -4.67. The van der Waals surface area contributed by atoms with E-state index in [1.54, 1.807) is 42.3 Å². The Kier molecular flexibility index (Phi) is 12.4. The molecule has 1 aromatic carbocycles.